The number of anilines is 2. The Morgan fingerprint density at radius 1 is 1.09 bits per heavy atom. The smallest absolute Gasteiger partial charge is 0.314 e. The van der Waals surface area contributed by atoms with Gasteiger partial charge in [-0.15, -0.1) is 0 Å². The van der Waals surface area contributed by atoms with Gasteiger partial charge in [0.2, 0.25) is 5.88 Å². The maximum absolute atomic E-state index is 12.0. The topological polar surface area (TPSA) is 96.1 Å². The average molecular weight is 310 g/mol. The van der Waals surface area contributed by atoms with E-state index in [9.17, 15) is 9.59 Å². The molecule has 23 heavy (non-hydrogen) atoms. The maximum Gasteiger partial charge on any atom is 0.314 e. The first-order chi connectivity index (χ1) is 11.2. The fourth-order valence-corrected chi connectivity index (χ4v) is 2.14. The van der Waals surface area contributed by atoms with Crippen LogP contribution in [0.5, 0.6) is 5.88 Å². The first kappa shape index (κ1) is 14.6. The number of aromatic nitrogens is 2. The number of ether oxygens (including phenoxy) is 1. The lowest BCUT2D eigenvalue weighted by molar-refractivity contribution is -0.132. The Morgan fingerprint density at radius 3 is 2.65 bits per heavy atom. The zero-order chi connectivity index (χ0) is 16.2. The van der Waals surface area contributed by atoms with Crippen LogP contribution in [0, 0.1) is 0 Å². The number of rotatable bonds is 3. The summed E-state index contributed by atoms with van der Waals surface area (Å²) in [6.45, 7) is 0. The number of hydrogen-bond donors (Lipinski definition) is 3. The molecule has 0 aliphatic rings. The molecule has 0 saturated heterocycles. The summed E-state index contributed by atoms with van der Waals surface area (Å²) in [5.41, 5.74) is 1.85. The second kappa shape index (κ2) is 6.18. The highest BCUT2D eigenvalue weighted by Gasteiger charge is 2.15. The molecule has 116 valence electrons. The number of nitrogens with zero attached hydrogens (tertiary/aromatic N) is 1. The molecule has 0 bridgehead atoms. The van der Waals surface area contributed by atoms with E-state index < -0.39 is 11.8 Å². The molecule has 7 nitrogen and oxygen atoms in total. The molecule has 0 unspecified atom stereocenters. The molecule has 0 fully saturated rings. The molecule has 2 heterocycles. The normalized spacial score (nSPS) is 10.3. The Balaban J connectivity index is 1.70. The van der Waals surface area contributed by atoms with Gasteiger partial charge in [-0.25, -0.2) is 4.98 Å². The Kier molecular flexibility index (Phi) is 3.92. The lowest BCUT2D eigenvalue weighted by Gasteiger charge is -2.07. The van der Waals surface area contributed by atoms with Gasteiger partial charge in [0.15, 0.2) is 0 Å². The molecular weight excluding hydrogens is 296 g/mol. The Hall–Kier alpha value is -3.35. The van der Waals surface area contributed by atoms with Crippen LogP contribution in [0.15, 0.2) is 48.8 Å². The van der Waals surface area contributed by atoms with Crippen molar-refractivity contribution in [3.8, 4) is 5.88 Å². The highest BCUT2D eigenvalue weighted by Crippen LogP contribution is 2.22. The molecule has 0 atom stereocenters. The first-order valence-electron chi connectivity index (χ1n) is 6.86. The van der Waals surface area contributed by atoms with Crippen LogP contribution in [0.25, 0.3) is 10.9 Å². The maximum atomic E-state index is 12.0. The second-order valence-corrected chi connectivity index (χ2v) is 4.74. The van der Waals surface area contributed by atoms with Crippen LogP contribution in [0.1, 0.15) is 0 Å². The summed E-state index contributed by atoms with van der Waals surface area (Å²) in [5.74, 6) is -1.11. The number of carbonyl (C=O) groups excluding carboxylic acids is 2. The largest absolute Gasteiger partial charge is 0.481 e. The molecule has 7 heteroatoms. The van der Waals surface area contributed by atoms with E-state index >= 15 is 0 Å². The molecule has 0 aliphatic carbocycles. The standard InChI is InChI=1S/C16H14N4O3/c1-23-14-6-5-10(9-18-14)19-15(21)16(22)20-13-4-2-3-12-11(13)7-8-17-12/h2-9,17H,1H3,(H,19,21)(H,20,22). The SMILES string of the molecule is COc1ccc(NC(=O)C(=O)Nc2cccc3[nH]ccc23)cn1. The third-order valence-electron chi connectivity index (χ3n) is 3.25. The van der Waals surface area contributed by atoms with Gasteiger partial charge in [0.25, 0.3) is 0 Å². The van der Waals surface area contributed by atoms with E-state index in [1.165, 1.54) is 13.3 Å². The molecule has 0 radical (unpaired) electrons. The van der Waals surface area contributed by atoms with Gasteiger partial charge < -0.3 is 20.4 Å². The highest BCUT2D eigenvalue weighted by molar-refractivity contribution is 6.44. The predicted octanol–water partition coefficient (Wildman–Crippen LogP) is 2.15. The molecule has 0 saturated carbocycles. The highest BCUT2D eigenvalue weighted by atomic mass is 16.5. The Morgan fingerprint density at radius 2 is 1.91 bits per heavy atom. The molecule has 2 aromatic heterocycles. The number of pyridine rings is 1. The molecule has 1 aromatic carbocycles. The summed E-state index contributed by atoms with van der Waals surface area (Å²) >= 11 is 0. The molecule has 3 rings (SSSR count). The van der Waals surface area contributed by atoms with Crippen LogP contribution in [-0.4, -0.2) is 28.9 Å². The van der Waals surface area contributed by atoms with E-state index in [1.807, 2.05) is 12.1 Å². The predicted molar refractivity (Wildman–Crippen MR) is 86.3 cm³/mol. The molecule has 0 aliphatic heterocycles. The van der Waals surface area contributed by atoms with Crippen molar-refractivity contribution >= 4 is 34.1 Å². The fourth-order valence-electron chi connectivity index (χ4n) is 2.14. The molecule has 3 N–H and O–H groups in total. The minimum atomic E-state index is -0.774. The van der Waals surface area contributed by atoms with Crippen molar-refractivity contribution in [3.63, 3.8) is 0 Å². The van der Waals surface area contributed by atoms with Crippen LogP contribution < -0.4 is 15.4 Å². The number of aromatic amines is 1. The number of nitrogens with one attached hydrogen (secondary N) is 3. The number of amides is 2. The Labute approximate surface area is 131 Å². The van der Waals surface area contributed by atoms with E-state index in [0.717, 1.165) is 10.9 Å². The number of benzene rings is 1. The van der Waals surface area contributed by atoms with Crippen LogP contribution in [0.3, 0.4) is 0 Å². The monoisotopic (exact) mass is 310 g/mol. The van der Waals surface area contributed by atoms with Gasteiger partial charge >= 0.3 is 11.8 Å². The summed E-state index contributed by atoms with van der Waals surface area (Å²) < 4.78 is 4.93. The summed E-state index contributed by atoms with van der Waals surface area (Å²) in [7, 11) is 1.50. The van der Waals surface area contributed by atoms with Crippen LogP contribution in [0.2, 0.25) is 0 Å². The molecule has 2 amide bonds. The minimum absolute atomic E-state index is 0.408. The van der Waals surface area contributed by atoms with Gasteiger partial charge in [-0.1, -0.05) is 6.07 Å². The van der Waals surface area contributed by atoms with Gasteiger partial charge in [0.05, 0.1) is 24.7 Å². The van der Waals surface area contributed by atoms with Crippen molar-refractivity contribution in [3.05, 3.63) is 48.8 Å². The van der Waals surface area contributed by atoms with Crippen LogP contribution >= 0.6 is 0 Å². The number of methoxy groups -OCH3 is 1. The van der Waals surface area contributed by atoms with E-state index in [0.29, 0.717) is 17.3 Å². The average Bonchev–Trinajstić information content (AvgIpc) is 3.05. The zero-order valence-electron chi connectivity index (χ0n) is 12.3. The molecular formula is C16H14N4O3. The van der Waals surface area contributed by atoms with Crippen molar-refractivity contribution in [2.75, 3.05) is 17.7 Å². The van der Waals surface area contributed by atoms with Crippen molar-refractivity contribution in [1.29, 1.82) is 0 Å². The third-order valence-corrected chi connectivity index (χ3v) is 3.25. The fraction of sp³-hybridized carbons (Fsp3) is 0.0625. The molecule has 3 aromatic rings. The number of hydrogen-bond acceptors (Lipinski definition) is 4. The quantitative estimate of drug-likeness (QED) is 0.646. The summed E-state index contributed by atoms with van der Waals surface area (Å²) in [6.07, 6.45) is 3.18. The van der Waals surface area contributed by atoms with Crippen LogP contribution in [-0.2, 0) is 9.59 Å². The summed E-state index contributed by atoms with van der Waals surface area (Å²) in [5, 5.41) is 5.91. The minimum Gasteiger partial charge on any atom is -0.481 e. The van der Waals surface area contributed by atoms with Gasteiger partial charge in [-0.2, -0.15) is 0 Å². The van der Waals surface area contributed by atoms with Gasteiger partial charge in [-0.3, -0.25) is 9.59 Å². The lowest BCUT2D eigenvalue weighted by atomic mass is 10.2. The van der Waals surface area contributed by atoms with E-state index in [1.54, 1.807) is 30.5 Å². The zero-order valence-corrected chi connectivity index (χ0v) is 12.3. The van der Waals surface area contributed by atoms with E-state index in [-0.39, 0.29) is 0 Å². The van der Waals surface area contributed by atoms with Gasteiger partial charge in [0.1, 0.15) is 0 Å². The first-order valence-corrected chi connectivity index (χ1v) is 6.86. The number of fused-ring (bicyclic) bond motifs is 1. The van der Waals surface area contributed by atoms with Crippen molar-refractivity contribution in [2.45, 2.75) is 0 Å². The number of H-pyrrole nitrogens is 1. The van der Waals surface area contributed by atoms with Gasteiger partial charge in [0, 0.05) is 23.2 Å². The summed E-state index contributed by atoms with van der Waals surface area (Å²) in [6, 6.07) is 10.4. The van der Waals surface area contributed by atoms with Crippen LogP contribution in [0.4, 0.5) is 11.4 Å². The van der Waals surface area contributed by atoms with Crippen molar-refractivity contribution in [1.82, 2.24) is 9.97 Å². The van der Waals surface area contributed by atoms with Gasteiger partial charge in [-0.05, 0) is 24.3 Å². The molecule has 0 spiro atoms. The number of carbonyl (C=O) groups is 2. The lowest BCUT2D eigenvalue weighted by Crippen LogP contribution is -2.29. The second-order valence-electron chi connectivity index (χ2n) is 4.74. The van der Waals surface area contributed by atoms with E-state index in [4.69, 9.17) is 4.74 Å². The van der Waals surface area contributed by atoms with Crippen molar-refractivity contribution in [2.24, 2.45) is 0 Å². The summed E-state index contributed by atoms with van der Waals surface area (Å²) in [4.78, 5) is 31.0. The van der Waals surface area contributed by atoms with Crippen molar-refractivity contribution < 1.29 is 14.3 Å². The Bertz CT molecular complexity index is 855. The van der Waals surface area contributed by atoms with E-state index in [2.05, 4.69) is 20.6 Å². The third kappa shape index (κ3) is 3.13.